The van der Waals surface area contributed by atoms with Gasteiger partial charge in [0.15, 0.2) is 11.5 Å². The minimum atomic E-state index is -0.996. The zero-order chi connectivity index (χ0) is 43.0. The fraction of sp³-hybridized carbons (Fsp3) is 0.413. The van der Waals surface area contributed by atoms with Crippen molar-refractivity contribution in [2.45, 2.75) is 83.0 Å². The molecule has 0 spiro atoms. The number of amides is 3. The summed E-state index contributed by atoms with van der Waals surface area (Å²) in [4.78, 5) is 71.0. The predicted molar refractivity (Wildman–Crippen MR) is 234 cm³/mol. The number of carbonyl (C=O) groups is 3. The highest BCUT2D eigenvalue weighted by molar-refractivity contribution is 6.05. The van der Waals surface area contributed by atoms with Crippen molar-refractivity contribution >= 4 is 46.1 Å². The number of rotatable bonds is 15. The van der Waals surface area contributed by atoms with Crippen LogP contribution in [0.15, 0.2) is 78.2 Å². The van der Waals surface area contributed by atoms with Crippen molar-refractivity contribution in [2.75, 3.05) is 49.5 Å². The second-order valence-electron chi connectivity index (χ2n) is 16.6. The zero-order valence-corrected chi connectivity index (χ0v) is 35.0. The van der Waals surface area contributed by atoms with E-state index in [1.807, 2.05) is 43.3 Å². The highest BCUT2D eigenvalue weighted by atomic mass is 16.5. The van der Waals surface area contributed by atoms with E-state index in [1.54, 1.807) is 32.6 Å². The number of allylic oxidation sites excluding steroid dienone is 1. The molecule has 4 aliphatic rings. The van der Waals surface area contributed by atoms with Gasteiger partial charge in [-0.1, -0.05) is 19.1 Å². The van der Waals surface area contributed by atoms with E-state index in [0.717, 1.165) is 86.7 Å². The number of benzene rings is 2. The number of imide groups is 1. The normalized spacial score (nSPS) is 20.1. The fourth-order valence-corrected chi connectivity index (χ4v) is 9.17. The third-order valence-corrected chi connectivity index (χ3v) is 12.7. The lowest BCUT2D eigenvalue weighted by Crippen LogP contribution is -2.52. The number of hydrogen-bond donors (Lipinski definition) is 3. The van der Waals surface area contributed by atoms with Crippen LogP contribution in [0.3, 0.4) is 0 Å². The van der Waals surface area contributed by atoms with Gasteiger partial charge in [0.2, 0.25) is 17.8 Å². The average Bonchev–Trinajstić information content (AvgIpc) is 3.89. The van der Waals surface area contributed by atoms with Crippen LogP contribution in [-0.4, -0.2) is 102 Å². The summed E-state index contributed by atoms with van der Waals surface area (Å²) in [5.74, 6) is 0.682. The first-order valence-corrected chi connectivity index (χ1v) is 21.7. The Labute approximate surface area is 359 Å². The van der Waals surface area contributed by atoms with E-state index >= 15 is 0 Å². The van der Waals surface area contributed by atoms with Gasteiger partial charge in [-0.15, -0.1) is 6.58 Å². The van der Waals surface area contributed by atoms with Crippen molar-refractivity contribution in [3.05, 3.63) is 106 Å². The molecule has 0 saturated carbocycles. The summed E-state index contributed by atoms with van der Waals surface area (Å²) in [6.07, 6.45) is 8.77. The minimum Gasteiger partial charge on any atom is -0.494 e. The molecule has 5 aromatic rings. The number of unbranched alkanes of at least 4 members (excludes halogenated alkanes) is 2. The van der Waals surface area contributed by atoms with Crippen LogP contribution in [0.25, 0.3) is 16.9 Å². The van der Waals surface area contributed by atoms with E-state index < -0.39 is 17.6 Å². The Balaban J connectivity index is 0.741. The van der Waals surface area contributed by atoms with Crippen LogP contribution in [0.5, 0.6) is 5.75 Å². The number of piperazine rings is 1. The van der Waals surface area contributed by atoms with E-state index in [9.17, 15) is 24.3 Å². The number of ether oxygens (including phenoxy) is 1. The van der Waals surface area contributed by atoms with Crippen LogP contribution in [0.2, 0.25) is 0 Å². The first-order chi connectivity index (χ1) is 30.1. The molecule has 16 heteroatoms. The predicted octanol–water partition coefficient (Wildman–Crippen LogP) is 4.58. The number of anilines is 3. The van der Waals surface area contributed by atoms with Gasteiger partial charge in [0.05, 0.1) is 18.8 Å². The van der Waals surface area contributed by atoms with Crippen molar-refractivity contribution in [3.63, 3.8) is 0 Å². The van der Waals surface area contributed by atoms with Gasteiger partial charge in [-0.05, 0) is 111 Å². The molecule has 3 N–H and O–H groups in total. The van der Waals surface area contributed by atoms with Gasteiger partial charge in [0.1, 0.15) is 22.8 Å². The summed E-state index contributed by atoms with van der Waals surface area (Å²) in [6.45, 7) is 11.9. The molecule has 1 aliphatic carbocycles. The third kappa shape index (κ3) is 7.95. The Morgan fingerprint density at radius 3 is 2.56 bits per heavy atom. The first kappa shape index (κ1) is 41.0. The number of aryl methyl sites for hydroxylation is 1. The summed E-state index contributed by atoms with van der Waals surface area (Å²) in [5.41, 5.74) is 4.24. The number of piperidine rings is 1. The van der Waals surface area contributed by atoms with Gasteiger partial charge < -0.3 is 25.0 Å². The lowest BCUT2D eigenvalue weighted by atomic mass is 9.98. The molecule has 3 aliphatic heterocycles. The number of aromatic nitrogens is 5. The number of pyridine rings is 1. The Hall–Kier alpha value is -6.39. The summed E-state index contributed by atoms with van der Waals surface area (Å²) >= 11 is 0. The standard InChI is InChI=1S/C46H52N10O6/c1-3-20-55-44(60)36-28-47-45(51-41(36)56(55)38-16-8-30-18-19-46(61,4-2)40(30)49-38)48-32-9-11-33(12-10-32)53-24-22-52(23-25-53)21-6-5-7-26-62-34-13-14-35-31(27-34)29-54(43(35)59)37-15-17-39(57)50-42(37)58/h3,8-14,16,27-28,37,61H,1,4-7,15,17-26,29H2,2H3,(H,47,48,51)(H,50,57,58)/t37?,46-/m1/s1. The molecule has 0 radical (unpaired) electrons. The smallest absolute Gasteiger partial charge is 0.278 e. The van der Waals surface area contributed by atoms with Crippen LogP contribution >= 0.6 is 0 Å². The number of aliphatic hydroxyl groups is 1. The monoisotopic (exact) mass is 840 g/mol. The second-order valence-corrected chi connectivity index (χ2v) is 16.6. The quantitative estimate of drug-likeness (QED) is 0.0760. The maximum atomic E-state index is 13.5. The lowest BCUT2D eigenvalue weighted by Gasteiger charge is -2.36. The van der Waals surface area contributed by atoms with E-state index in [0.29, 0.717) is 66.5 Å². The molecule has 2 aromatic carbocycles. The van der Waals surface area contributed by atoms with Gasteiger partial charge in [0.25, 0.3) is 11.5 Å². The second kappa shape index (κ2) is 17.2. The van der Waals surface area contributed by atoms with E-state index in [2.05, 4.69) is 44.1 Å². The first-order valence-electron chi connectivity index (χ1n) is 21.7. The van der Waals surface area contributed by atoms with Crippen molar-refractivity contribution < 1.29 is 24.2 Å². The van der Waals surface area contributed by atoms with E-state index in [-0.39, 0.29) is 30.3 Å². The van der Waals surface area contributed by atoms with Crippen LogP contribution in [-0.2, 0) is 34.7 Å². The number of carbonyl (C=O) groups excluding carboxylic acids is 3. The maximum Gasteiger partial charge on any atom is 0.278 e. The SMILES string of the molecule is C=CCn1c(=O)c2cnc(Nc3ccc(N4CCN(CCCCCOc5ccc6c(c5)CN(C5CCC(=O)NC5=O)C6=O)CC4)cc3)nc2n1-c1ccc2c(n1)[C@@](O)(CC)CC2. The average molecular weight is 841 g/mol. The number of nitrogens with one attached hydrogen (secondary N) is 2. The molecule has 62 heavy (non-hydrogen) atoms. The van der Waals surface area contributed by atoms with E-state index in [1.165, 1.54) is 0 Å². The molecule has 2 saturated heterocycles. The van der Waals surface area contributed by atoms with E-state index in [4.69, 9.17) is 14.7 Å². The van der Waals surface area contributed by atoms with Gasteiger partial charge in [-0.3, -0.25) is 29.4 Å². The number of hydrogen-bond acceptors (Lipinski definition) is 12. The minimum absolute atomic E-state index is 0.182. The Bertz CT molecular complexity index is 2600. The molecule has 2 atom stereocenters. The summed E-state index contributed by atoms with van der Waals surface area (Å²) in [6, 6.07) is 16.9. The lowest BCUT2D eigenvalue weighted by molar-refractivity contribution is -0.136. The Kier molecular flexibility index (Phi) is 11.4. The molecule has 2 fully saturated rings. The van der Waals surface area contributed by atoms with Crippen molar-refractivity contribution in [3.8, 4) is 11.6 Å². The van der Waals surface area contributed by atoms with Gasteiger partial charge in [-0.25, -0.2) is 19.3 Å². The van der Waals surface area contributed by atoms with Crippen LogP contribution in [0, 0.1) is 0 Å². The van der Waals surface area contributed by atoms with Crippen molar-refractivity contribution in [1.82, 2.24) is 39.4 Å². The molecule has 322 valence electrons. The molecule has 3 aromatic heterocycles. The Morgan fingerprint density at radius 2 is 1.79 bits per heavy atom. The molecular weight excluding hydrogens is 789 g/mol. The fourth-order valence-electron chi connectivity index (χ4n) is 9.17. The number of nitrogens with zero attached hydrogens (tertiary/aromatic N) is 8. The van der Waals surface area contributed by atoms with Gasteiger partial charge in [-0.2, -0.15) is 4.98 Å². The number of fused-ring (bicyclic) bond motifs is 3. The third-order valence-electron chi connectivity index (χ3n) is 12.7. The maximum absolute atomic E-state index is 13.5. The van der Waals surface area contributed by atoms with Gasteiger partial charge >= 0.3 is 0 Å². The largest absolute Gasteiger partial charge is 0.494 e. The highest BCUT2D eigenvalue weighted by Crippen LogP contribution is 2.38. The molecule has 3 amide bonds. The molecule has 9 rings (SSSR count). The topological polar surface area (TPSA) is 180 Å². The molecular formula is C46H52N10O6. The Morgan fingerprint density at radius 1 is 0.968 bits per heavy atom. The van der Waals surface area contributed by atoms with Gasteiger partial charge in [0, 0.05) is 62.3 Å². The zero-order valence-electron chi connectivity index (χ0n) is 35.0. The summed E-state index contributed by atoms with van der Waals surface area (Å²) < 4.78 is 9.28. The van der Waals surface area contributed by atoms with Crippen LogP contribution in [0.1, 0.15) is 79.0 Å². The van der Waals surface area contributed by atoms with Crippen molar-refractivity contribution in [2.24, 2.45) is 0 Å². The van der Waals surface area contributed by atoms with Crippen LogP contribution < -0.4 is 25.8 Å². The highest BCUT2D eigenvalue weighted by Gasteiger charge is 2.40. The molecule has 16 nitrogen and oxygen atoms in total. The molecule has 1 unspecified atom stereocenters. The van der Waals surface area contributed by atoms with Crippen LogP contribution in [0.4, 0.5) is 17.3 Å². The molecule has 0 bridgehead atoms. The summed E-state index contributed by atoms with van der Waals surface area (Å²) in [7, 11) is 0. The molecule has 6 heterocycles. The van der Waals surface area contributed by atoms with Crippen molar-refractivity contribution in [1.29, 1.82) is 0 Å². The summed E-state index contributed by atoms with van der Waals surface area (Å²) in [5, 5.41) is 17.3.